The number of rotatable bonds is 3. The summed E-state index contributed by atoms with van der Waals surface area (Å²) in [5, 5.41) is 9.39. The van der Waals surface area contributed by atoms with Gasteiger partial charge in [0, 0.05) is 5.56 Å². The van der Waals surface area contributed by atoms with Crippen LogP contribution in [0.25, 0.3) is 0 Å². The minimum absolute atomic E-state index is 0.198. The number of amides is 1. The Bertz CT molecular complexity index is 499. The highest BCUT2D eigenvalue weighted by molar-refractivity contribution is 6.03. The second-order valence-corrected chi connectivity index (χ2v) is 3.52. The standard InChI is InChI=1S/C11H13N3O2/c1-3-8-5-12-14-10(8)13-11(15)9-4-7(2)16-6-9/h4-6H,3H2,1-2H3,(H2,12,13,14,15). The molecule has 84 valence electrons. The summed E-state index contributed by atoms with van der Waals surface area (Å²) in [6, 6.07) is 1.69. The molecule has 0 saturated heterocycles. The van der Waals surface area contributed by atoms with Crippen molar-refractivity contribution in [2.45, 2.75) is 20.3 Å². The van der Waals surface area contributed by atoms with Crippen LogP contribution < -0.4 is 5.32 Å². The molecule has 5 heteroatoms. The topological polar surface area (TPSA) is 70.9 Å². The van der Waals surface area contributed by atoms with Crippen LogP contribution in [0.3, 0.4) is 0 Å². The second-order valence-electron chi connectivity index (χ2n) is 3.52. The van der Waals surface area contributed by atoms with Gasteiger partial charge in [0.05, 0.1) is 11.8 Å². The van der Waals surface area contributed by atoms with Crippen molar-refractivity contribution in [2.24, 2.45) is 0 Å². The molecule has 0 aliphatic carbocycles. The Labute approximate surface area is 92.9 Å². The highest BCUT2D eigenvalue weighted by Gasteiger charge is 2.11. The van der Waals surface area contributed by atoms with E-state index in [0.717, 1.165) is 12.0 Å². The zero-order valence-corrected chi connectivity index (χ0v) is 9.20. The van der Waals surface area contributed by atoms with Gasteiger partial charge in [-0.25, -0.2) is 0 Å². The summed E-state index contributed by atoms with van der Waals surface area (Å²) in [4.78, 5) is 11.8. The van der Waals surface area contributed by atoms with Gasteiger partial charge in [-0.1, -0.05) is 6.92 Å². The Balaban J connectivity index is 2.13. The SMILES string of the molecule is CCc1cn[nH]c1NC(=O)c1coc(C)c1. The minimum Gasteiger partial charge on any atom is -0.469 e. The van der Waals surface area contributed by atoms with E-state index in [1.807, 2.05) is 6.92 Å². The van der Waals surface area contributed by atoms with Gasteiger partial charge in [-0.05, 0) is 19.4 Å². The third-order valence-corrected chi connectivity index (χ3v) is 2.33. The molecule has 2 aromatic rings. The summed E-state index contributed by atoms with van der Waals surface area (Å²) >= 11 is 0. The van der Waals surface area contributed by atoms with Gasteiger partial charge in [0.25, 0.3) is 5.91 Å². The first-order chi connectivity index (χ1) is 7.70. The van der Waals surface area contributed by atoms with Gasteiger partial charge < -0.3 is 9.73 Å². The molecule has 16 heavy (non-hydrogen) atoms. The Morgan fingerprint density at radius 2 is 2.44 bits per heavy atom. The largest absolute Gasteiger partial charge is 0.469 e. The number of anilines is 1. The predicted octanol–water partition coefficient (Wildman–Crippen LogP) is 2.13. The molecule has 5 nitrogen and oxygen atoms in total. The molecule has 1 amide bonds. The molecule has 0 aromatic carbocycles. The average molecular weight is 219 g/mol. The van der Waals surface area contributed by atoms with Gasteiger partial charge in [-0.3, -0.25) is 9.89 Å². The fraction of sp³-hybridized carbons (Fsp3) is 0.273. The number of carbonyl (C=O) groups is 1. The smallest absolute Gasteiger partial charge is 0.260 e. The summed E-state index contributed by atoms with van der Waals surface area (Å²) in [5.74, 6) is 1.16. The van der Waals surface area contributed by atoms with Gasteiger partial charge in [0.2, 0.25) is 0 Å². The van der Waals surface area contributed by atoms with Crippen molar-refractivity contribution in [3.05, 3.63) is 35.4 Å². The Hall–Kier alpha value is -2.04. The molecule has 2 heterocycles. The van der Waals surface area contributed by atoms with Crippen molar-refractivity contribution in [3.8, 4) is 0 Å². The monoisotopic (exact) mass is 219 g/mol. The van der Waals surface area contributed by atoms with E-state index < -0.39 is 0 Å². The van der Waals surface area contributed by atoms with Crippen LogP contribution in [0, 0.1) is 6.92 Å². The van der Waals surface area contributed by atoms with Crippen LogP contribution >= 0.6 is 0 Å². The van der Waals surface area contributed by atoms with E-state index >= 15 is 0 Å². The molecule has 0 unspecified atom stereocenters. The lowest BCUT2D eigenvalue weighted by Gasteiger charge is -2.01. The van der Waals surface area contributed by atoms with Crippen LogP contribution in [0.15, 0.2) is 22.9 Å². The minimum atomic E-state index is -0.198. The molecule has 0 saturated carbocycles. The summed E-state index contributed by atoms with van der Waals surface area (Å²) in [7, 11) is 0. The molecule has 0 radical (unpaired) electrons. The fourth-order valence-electron chi connectivity index (χ4n) is 1.44. The number of aromatic nitrogens is 2. The van der Waals surface area contributed by atoms with Crippen molar-refractivity contribution >= 4 is 11.7 Å². The number of hydrogen-bond donors (Lipinski definition) is 2. The second kappa shape index (κ2) is 4.22. The predicted molar refractivity (Wildman–Crippen MR) is 59.4 cm³/mol. The summed E-state index contributed by atoms with van der Waals surface area (Å²) < 4.78 is 5.07. The molecule has 2 N–H and O–H groups in total. The van der Waals surface area contributed by atoms with E-state index in [-0.39, 0.29) is 5.91 Å². The maximum absolute atomic E-state index is 11.8. The molecule has 0 bridgehead atoms. The number of aromatic amines is 1. The zero-order valence-electron chi connectivity index (χ0n) is 9.20. The Kier molecular flexibility index (Phi) is 2.76. The van der Waals surface area contributed by atoms with Crippen molar-refractivity contribution in [1.82, 2.24) is 10.2 Å². The molecule has 0 aliphatic heterocycles. The first-order valence-electron chi connectivity index (χ1n) is 5.09. The first-order valence-corrected chi connectivity index (χ1v) is 5.09. The van der Waals surface area contributed by atoms with Crippen molar-refractivity contribution in [1.29, 1.82) is 0 Å². The lowest BCUT2D eigenvalue weighted by atomic mass is 10.2. The molecule has 0 atom stereocenters. The molecule has 2 rings (SSSR count). The molecular formula is C11H13N3O2. The lowest BCUT2D eigenvalue weighted by Crippen LogP contribution is -2.12. The van der Waals surface area contributed by atoms with Crippen molar-refractivity contribution in [2.75, 3.05) is 5.32 Å². The molecule has 2 aromatic heterocycles. The molecule has 0 fully saturated rings. The number of H-pyrrole nitrogens is 1. The molecule has 0 aliphatic rings. The molecular weight excluding hydrogens is 206 g/mol. The van der Waals surface area contributed by atoms with Crippen molar-refractivity contribution in [3.63, 3.8) is 0 Å². The zero-order chi connectivity index (χ0) is 11.5. The third-order valence-electron chi connectivity index (χ3n) is 2.33. The Morgan fingerprint density at radius 3 is 3.06 bits per heavy atom. The first kappa shape index (κ1) is 10.5. The summed E-state index contributed by atoms with van der Waals surface area (Å²) in [5.41, 5.74) is 1.49. The number of aryl methyl sites for hydroxylation is 2. The Morgan fingerprint density at radius 1 is 1.62 bits per heavy atom. The van der Waals surface area contributed by atoms with E-state index in [1.165, 1.54) is 6.26 Å². The highest BCUT2D eigenvalue weighted by Crippen LogP contribution is 2.14. The van der Waals surface area contributed by atoms with E-state index in [4.69, 9.17) is 4.42 Å². The van der Waals surface area contributed by atoms with Gasteiger partial charge in [-0.2, -0.15) is 5.10 Å². The highest BCUT2D eigenvalue weighted by atomic mass is 16.3. The van der Waals surface area contributed by atoms with E-state index in [2.05, 4.69) is 15.5 Å². The number of hydrogen-bond acceptors (Lipinski definition) is 3. The summed E-state index contributed by atoms with van der Waals surface area (Å²) in [6.07, 6.45) is 3.96. The van der Waals surface area contributed by atoms with Crippen LogP contribution in [-0.4, -0.2) is 16.1 Å². The third kappa shape index (κ3) is 1.98. The number of carbonyl (C=O) groups excluding carboxylic acids is 1. The fourth-order valence-corrected chi connectivity index (χ4v) is 1.44. The maximum Gasteiger partial charge on any atom is 0.260 e. The lowest BCUT2D eigenvalue weighted by molar-refractivity contribution is 0.102. The van der Waals surface area contributed by atoms with E-state index in [9.17, 15) is 4.79 Å². The van der Waals surface area contributed by atoms with Gasteiger partial charge in [-0.15, -0.1) is 0 Å². The van der Waals surface area contributed by atoms with E-state index in [1.54, 1.807) is 19.2 Å². The van der Waals surface area contributed by atoms with Crippen LogP contribution in [0.4, 0.5) is 5.82 Å². The van der Waals surface area contributed by atoms with Crippen LogP contribution in [-0.2, 0) is 6.42 Å². The van der Waals surface area contributed by atoms with Crippen molar-refractivity contribution < 1.29 is 9.21 Å². The normalized spacial score (nSPS) is 10.4. The maximum atomic E-state index is 11.8. The summed E-state index contributed by atoms with van der Waals surface area (Å²) in [6.45, 7) is 3.80. The number of furan rings is 1. The number of nitrogens with zero attached hydrogens (tertiary/aromatic N) is 1. The van der Waals surface area contributed by atoms with Gasteiger partial charge in [0.1, 0.15) is 17.8 Å². The van der Waals surface area contributed by atoms with Crippen LogP contribution in [0.2, 0.25) is 0 Å². The van der Waals surface area contributed by atoms with E-state index in [0.29, 0.717) is 17.1 Å². The average Bonchev–Trinajstić information content (AvgIpc) is 2.86. The van der Waals surface area contributed by atoms with Gasteiger partial charge in [0.15, 0.2) is 0 Å². The molecule has 0 spiro atoms. The quantitative estimate of drug-likeness (QED) is 0.830. The number of nitrogens with one attached hydrogen (secondary N) is 2. The van der Waals surface area contributed by atoms with Crippen LogP contribution in [0.1, 0.15) is 28.6 Å². The van der Waals surface area contributed by atoms with Crippen LogP contribution in [0.5, 0.6) is 0 Å². The van der Waals surface area contributed by atoms with Gasteiger partial charge >= 0.3 is 0 Å².